The van der Waals surface area contributed by atoms with Crippen molar-refractivity contribution in [2.75, 3.05) is 7.11 Å². The van der Waals surface area contributed by atoms with E-state index >= 15 is 0 Å². The number of H-pyrrole nitrogens is 1. The first kappa shape index (κ1) is 19.2. The van der Waals surface area contributed by atoms with Crippen LogP contribution in [-0.2, 0) is 20.7 Å². The summed E-state index contributed by atoms with van der Waals surface area (Å²) in [6.45, 7) is 1.96. The highest BCUT2D eigenvalue weighted by molar-refractivity contribution is 9.10. The Kier molecular flexibility index (Phi) is 5.96. The number of methoxy groups -OCH3 is 1. The summed E-state index contributed by atoms with van der Waals surface area (Å²) in [4.78, 5) is 27.8. The zero-order chi connectivity index (χ0) is 19.4. The lowest BCUT2D eigenvalue weighted by molar-refractivity contribution is -0.141. The molecule has 1 aromatic heterocycles. The lowest BCUT2D eigenvalue weighted by atomic mass is 10.0. The van der Waals surface area contributed by atoms with Gasteiger partial charge in [-0.05, 0) is 36.2 Å². The first-order chi connectivity index (χ1) is 13.0. The number of carbonyl (C=O) groups is 2. The van der Waals surface area contributed by atoms with Crippen molar-refractivity contribution in [2.45, 2.75) is 25.8 Å². The Hall–Kier alpha value is -2.60. The molecule has 2 N–H and O–H groups in total. The van der Waals surface area contributed by atoms with Gasteiger partial charge in [0.1, 0.15) is 0 Å². The summed E-state index contributed by atoms with van der Waals surface area (Å²) in [5.41, 5.74) is 3.78. The van der Waals surface area contributed by atoms with Crippen molar-refractivity contribution in [1.82, 2.24) is 10.3 Å². The number of hydrogen-bond donors (Lipinski definition) is 2. The van der Waals surface area contributed by atoms with E-state index in [0.29, 0.717) is 0 Å². The minimum absolute atomic E-state index is 0.0880. The van der Waals surface area contributed by atoms with E-state index in [4.69, 9.17) is 4.74 Å². The van der Waals surface area contributed by atoms with Crippen LogP contribution < -0.4 is 5.32 Å². The molecule has 2 aromatic carbocycles. The normalized spacial score (nSPS) is 12.0. The third-order valence-electron chi connectivity index (χ3n) is 4.55. The van der Waals surface area contributed by atoms with Crippen LogP contribution in [0.4, 0.5) is 0 Å². The number of halogens is 1. The number of rotatable bonds is 6. The Bertz CT molecular complexity index is 966. The number of ether oxygens (including phenoxy) is 1. The van der Waals surface area contributed by atoms with Gasteiger partial charge in [-0.15, -0.1) is 0 Å². The molecule has 3 rings (SSSR count). The van der Waals surface area contributed by atoms with Gasteiger partial charge in [0.25, 0.3) is 0 Å². The van der Waals surface area contributed by atoms with Crippen molar-refractivity contribution in [3.8, 4) is 0 Å². The Balaban J connectivity index is 1.81. The van der Waals surface area contributed by atoms with Gasteiger partial charge < -0.3 is 15.0 Å². The summed E-state index contributed by atoms with van der Waals surface area (Å²) in [6, 6.07) is 15.0. The summed E-state index contributed by atoms with van der Waals surface area (Å²) in [6.07, 6.45) is 0.317. The zero-order valence-corrected chi connectivity index (χ0v) is 16.8. The smallest absolute Gasteiger partial charge is 0.307 e. The van der Waals surface area contributed by atoms with Crippen LogP contribution in [0.5, 0.6) is 0 Å². The molecule has 0 saturated heterocycles. The maximum absolute atomic E-state index is 12.8. The zero-order valence-electron chi connectivity index (χ0n) is 15.2. The van der Waals surface area contributed by atoms with Gasteiger partial charge in [-0.25, -0.2) is 0 Å². The van der Waals surface area contributed by atoms with Crippen molar-refractivity contribution >= 4 is 38.7 Å². The van der Waals surface area contributed by atoms with E-state index in [1.165, 1.54) is 7.11 Å². The Labute approximate surface area is 166 Å². The van der Waals surface area contributed by atoms with Gasteiger partial charge in [-0.2, -0.15) is 0 Å². The first-order valence-corrected chi connectivity index (χ1v) is 9.45. The van der Waals surface area contributed by atoms with Gasteiger partial charge in [0, 0.05) is 21.1 Å². The third-order valence-corrected chi connectivity index (χ3v) is 5.05. The number of aromatic amines is 1. The van der Waals surface area contributed by atoms with E-state index in [0.717, 1.165) is 32.2 Å². The molecule has 1 unspecified atom stereocenters. The molecular weight excluding hydrogens is 408 g/mol. The molecule has 27 heavy (non-hydrogen) atoms. The van der Waals surface area contributed by atoms with Crippen LogP contribution in [0, 0.1) is 6.92 Å². The molecule has 0 fully saturated rings. The van der Waals surface area contributed by atoms with Crippen LogP contribution in [0.3, 0.4) is 0 Å². The standard InChI is InChI=1S/C21H21BrN2O3/c1-13-16(17-10-15(22)8-9-18(17)23-13)11-20(25)24-19(12-21(26)27-2)14-6-4-3-5-7-14/h3-10,19,23H,11-12H2,1-2H3,(H,24,25). The Morgan fingerprint density at radius 2 is 1.93 bits per heavy atom. The van der Waals surface area contributed by atoms with Crippen LogP contribution in [0.2, 0.25) is 0 Å². The Morgan fingerprint density at radius 1 is 1.19 bits per heavy atom. The van der Waals surface area contributed by atoms with Gasteiger partial charge in [0.15, 0.2) is 0 Å². The van der Waals surface area contributed by atoms with Gasteiger partial charge in [-0.1, -0.05) is 46.3 Å². The van der Waals surface area contributed by atoms with Gasteiger partial charge in [-0.3, -0.25) is 9.59 Å². The molecule has 0 radical (unpaired) electrons. The van der Waals surface area contributed by atoms with Crippen molar-refractivity contribution in [2.24, 2.45) is 0 Å². The fraction of sp³-hybridized carbons (Fsp3) is 0.238. The lowest BCUT2D eigenvalue weighted by Crippen LogP contribution is -2.31. The molecule has 1 amide bonds. The van der Waals surface area contributed by atoms with E-state index in [-0.39, 0.29) is 24.7 Å². The molecule has 0 bridgehead atoms. The first-order valence-electron chi connectivity index (χ1n) is 8.65. The second kappa shape index (κ2) is 8.39. The lowest BCUT2D eigenvalue weighted by Gasteiger charge is -2.18. The molecule has 3 aromatic rings. The number of esters is 1. The highest BCUT2D eigenvalue weighted by Gasteiger charge is 2.20. The average Bonchev–Trinajstić information content (AvgIpc) is 2.96. The minimum Gasteiger partial charge on any atom is -0.469 e. The quantitative estimate of drug-likeness (QED) is 0.577. The van der Waals surface area contributed by atoms with E-state index < -0.39 is 6.04 Å². The number of aryl methyl sites for hydroxylation is 1. The summed E-state index contributed by atoms with van der Waals surface area (Å²) >= 11 is 3.48. The largest absolute Gasteiger partial charge is 0.469 e. The van der Waals surface area contributed by atoms with Crippen LogP contribution in [0.1, 0.15) is 29.3 Å². The van der Waals surface area contributed by atoms with Crippen molar-refractivity contribution in [3.63, 3.8) is 0 Å². The van der Waals surface area contributed by atoms with Crippen LogP contribution in [0.25, 0.3) is 10.9 Å². The fourth-order valence-electron chi connectivity index (χ4n) is 3.18. The summed E-state index contributed by atoms with van der Waals surface area (Å²) in [7, 11) is 1.35. The molecule has 1 heterocycles. The Morgan fingerprint density at radius 3 is 2.63 bits per heavy atom. The molecule has 0 aliphatic carbocycles. The maximum atomic E-state index is 12.8. The number of amides is 1. The third kappa shape index (κ3) is 4.57. The summed E-state index contributed by atoms with van der Waals surface area (Å²) in [5, 5.41) is 3.99. The van der Waals surface area contributed by atoms with E-state index in [2.05, 4.69) is 26.2 Å². The molecule has 140 valence electrons. The minimum atomic E-state index is -0.427. The van der Waals surface area contributed by atoms with Crippen molar-refractivity contribution in [3.05, 3.63) is 69.8 Å². The summed E-state index contributed by atoms with van der Waals surface area (Å²) < 4.78 is 5.74. The molecule has 6 heteroatoms. The van der Waals surface area contributed by atoms with Crippen LogP contribution in [0.15, 0.2) is 53.0 Å². The summed E-state index contributed by atoms with van der Waals surface area (Å²) in [5.74, 6) is -0.506. The number of aromatic nitrogens is 1. The fourth-order valence-corrected chi connectivity index (χ4v) is 3.54. The van der Waals surface area contributed by atoms with E-state index in [9.17, 15) is 9.59 Å². The van der Waals surface area contributed by atoms with Gasteiger partial charge >= 0.3 is 5.97 Å². The highest BCUT2D eigenvalue weighted by Crippen LogP contribution is 2.26. The predicted octanol–water partition coefficient (Wildman–Crippen LogP) is 4.20. The van der Waals surface area contributed by atoms with Crippen molar-refractivity contribution in [1.29, 1.82) is 0 Å². The topological polar surface area (TPSA) is 71.2 Å². The molecular formula is C21H21BrN2O3. The van der Waals surface area contributed by atoms with Gasteiger partial charge in [0.2, 0.25) is 5.91 Å². The molecule has 0 spiro atoms. The SMILES string of the molecule is COC(=O)CC(NC(=O)Cc1c(C)[nH]c2ccc(Br)cc12)c1ccccc1. The molecule has 5 nitrogen and oxygen atoms in total. The predicted molar refractivity (Wildman–Crippen MR) is 108 cm³/mol. The molecule has 0 saturated carbocycles. The molecule has 1 atom stereocenters. The average molecular weight is 429 g/mol. The number of hydrogen-bond acceptors (Lipinski definition) is 3. The highest BCUT2D eigenvalue weighted by atomic mass is 79.9. The number of carbonyl (C=O) groups excluding carboxylic acids is 2. The second-order valence-electron chi connectivity index (χ2n) is 6.41. The van der Waals surface area contributed by atoms with E-state index in [1.807, 2.05) is 55.5 Å². The van der Waals surface area contributed by atoms with Crippen LogP contribution >= 0.6 is 15.9 Å². The number of fused-ring (bicyclic) bond motifs is 1. The second-order valence-corrected chi connectivity index (χ2v) is 7.32. The van der Waals surface area contributed by atoms with Crippen LogP contribution in [-0.4, -0.2) is 24.0 Å². The number of benzene rings is 2. The molecule has 0 aliphatic rings. The van der Waals surface area contributed by atoms with Crippen molar-refractivity contribution < 1.29 is 14.3 Å². The monoisotopic (exact) mass is 428 g/mol. The maximum Gasteiger partial charge on any atom is 0.307 e. The van der Waals surface area contributed by atoms with Gasteiger partial charge in [0.05, 0.1) is 26.0 Å². The number of nitrogens with one attached hydrogen (secondary N) is 2. The van der Waals surface area contributed by atoms with E-state index in [1.54, 1.807) is 0 Å². The molecule has 0 aliphatic heterocycles.